The van der Waals surface area contributed by atoms with E-state index in [4.69, 9.17) is 5.73 Å². The van der Waals surface area contributed by atoms with E-state index in [1.165, 1.54) is 4.90 Å². The second-order valence-corrected chi connectivity index (χ2v) is 8.39. The number of carbonyl (C=O) groups is 3. The summed E-state index contributed by atoms with van der Waals surface area (Å²) >= 11 is 0. The van der Waals surface area contributed by atoms with Crippen LogP contribution in [-0.2, 0) is 0 Å². The Labute approximate surface area is 178 Å². The Morgan fingerprint density at radius 2 is 1.62 bits per heavy atom. The van der Waals surface area contributed by atoms with Gasteiger partial charge in [0.1, 0.15) is 0 Å². The number of imide groups is 1. The van der Waals surface area contributed by atoms with Crippen LogP contribution in [0.1, 0.15) is 88.9 Å². The Balaban J connectivity index is 0.00000240. The molecule has 2 aliphatic carbocycles. The van der Waals surface area contributed by atoms with E-state index in [1.54, 1.807) is 18.2 Å². The van der Waals surface area contributed by atoms with Gasteiger partial charge in [-0.25, -0.2) is 0 Å². The Hall–Kier alpha value is -1.92. The van der Waals surface area contributed by atoms with Crippen LogP contribution in [0.3, 0.4) is 0 Å². The van der Waals surface area contributed by atoms with Crippen molar-refractivity contribution in [2.24, 2.45) is 11.7 Å². The van der Waals surface area contributed by atoms with Crippen molar-refractivity contribution in [2.75, 3.05) is 6.54 Å². The molecule has 7 heteroatoms. The molecule has 0 aromatic heterocycles. The van der Waals surface area contributed by atoms with Crippen molar-refractivity contribution in [3.8, 4) is 0 Å². The molecule has 3 N–H and O–H groups in total. The normalized spacial score (nSPS) is 24.8. The average Bonchev–Trinajstić information content (AvgIpc) is 2.99. The van der Waals surface area contributed by atoms with E-state index in [0.717, 1.165) is 57.8 Å². The molecule has 1 heterocycles. The smallest absolute Gasteiger partial charge is 0.261 e. The first-order valence-electron chi connectivity index (χ1n) is 10.6. The van der Waals surface area contributed by atoms with Crippen molar-refractivity contribution in [1.29, 1.82) is 0 Å². The minimum atomic E-state index is -0.251. The first kappa shape index (κ1) is 21.8. The van der Waals surface area contributed by atoms with E-state index in [0.29, 0.717) is 29.2 Å². The van der Waals surface area contributed by atoms with Gasteiger partial charge in [-0.05, 0) is 56.3 Å². The summed E-state index contributed by atoms with van der Waals surface area (Å²) in [6.07, 6.45) is 9.23. The van der Waals surface area contributed by atoms with Crippen LogP contribution in [-0.4, -0.2) is 41.2 Å². The van der Waals surface area contributed by atoms with Crippen molar-refractivity contribution in [2.45, 2.75) is 69.9 Å². The van der Waals surface area contributed by atoms with Gasteiger partial charge in [0.05, 0.1) is 11.1 Å². The number of hydrogen-bond donors (Lipinski definition) is 2. The summed E-state index contributed by atoms with van der Waals surface area (Å²) in [6, 6.07) is 4.95. The van der Waals surface area contributed by atoms with Crippen LogP contribution in [0.4, 0.5) is 0 Å². The third-order valence-corrected chi connectivity index (χ3v) is 6.65. The standard InChI is InChI=1S/C22H29N3O3.ClH/c23-13-15-6-4-5-9-19(15)24-20(26)14-10-11-17-18(12-14)22(28)25(21(17)27)16-7-2-1-3-8-16;/h10-12,15-16,19H,1-9,13,23H2,(H,24,26);1H. The lowest BCUT2D eigenvalue weighted by molar-refractivity contribution is 0.0548. The Morgan fingerprint density at radius 1 is 0.966 bits per heavy atom. The summed E-state index contributed by atoms with van der Waals surface area (Å²) < 4.78 is 0. The van der Waals surface area contributed by atoms with Crippen LogP contribution in [0, 0.1) is 5.92 Å². The SMILES string of the molecule is Cl.NCC1CCCCC1NC(=O)c1ccc2c(c1)C(=O)N(C1CCCCC1)C2=O. The number of nitrogens with two attached hydrogens (primary N) is 1. The number of nitrogens with one attached hydrogen (secondary N) is 1. The molecule has 2 unspecified atom stereocenters. The van der Waals surface area contributed by atoms with Gasteiger partial charge in [-0.3, -0.25) is 19.3 Å². The fourth-order valence-electron chi connectivity index (χ4n) is 5.00. The van der Waals surface area contributed by atoms with Crippen LogP contribution in [0.25, 0.3) is 0 Å². The number of benzene rings is 1. The molecule has 2 atom stereocenters. The summed E-state index contributed by atoms with van der Waals surface area (Å²) in [5, 5.41) is 3.10. The van der Waals surface area contributed by atoms with E-state index >= 15 is 0 Å². The van der Waals surface area contributed by atoms with E-state index in [2.05, 4.69) is 5.32 Å². The lowest BCUT2D eigenvalue weighted by atomic mass is 9.84. The van der Waals surface area contributed by atoms with E-state index in [-0.39, 0.29) is 42.2 Å². The molecule has 0 radical (unpaired) electrons. The van der Waals surface area contributed by atoms with Crippen LogP contribution in [0.15, 0.2) is 18.2 Å². The number of rotatable bonds is 4. The minimum absolute atomic E-state index is 0. The summed E-state index contributed by atoms with van der Waals surface area (Å²) in [7, 11) is 0. The molecule has 6 nitrogen and oxygen atoms in total. The molecule has 4 rings (SSSR count). The van der Waals surface area contributed by atoms with Crippen molar-refractivity contribution >= 4 is 30.1 Å². The zero-order chi connectivity index (χ0) is 19.7. The van der Waals surface area contributed by atoms with Gasteiger partial charge < -0.3 is 11.1 Å². The number of hydrogen-bond acceptors (Lipinski definition) is 4. The molecule has 3 amide bonds. The van der Waals surface area contributed by atoms with Gasteiger partial charge in [-0.15, -0.1) is 12.4 Å². The highest BCUT2D eigenvalue weighted by atomic mass is 35.5. The maximum Gasteiger partial charge on any atom is 0.261 e. The molecule has 29 heavy (non-hydrogen) atoms. The van der Waals surface area contributed by atoms with Gasteiger partial charge in [0.25, 0.3) is 17.7 Å². The van der Waals surface area contributed by atoms with E-state index < -0.39 is 0 Å². The van der Waals surface area contributed by atoms with Gasteiger partial charge in [0.15, 0.2) is 0 Å². The molecule has 1 aromatic rings. The van der Waals surface area contributed by atoms with Gasteiger partial charge in [-0.2, -0.15) is 0 Å². The molecule has 0 bridgehead atoms. The van der Waals surface area contributed by atoms with Gasteiger partial charge in [0.2, 0.25) is 0 Å². The highest BCUT2D eigenvalue weighted by Gasteiger charge is 2.40. The van der Waals surface area contributed by atoms with E-state index in [1.807, 2.05) is 0 Å². The first-order chi connectivity index (χ1) is 13.6. The molecule has 2 fully saturated rings. The van der Waals surface area contributed by atoms with Crippen molar-refractivity contribution in [3.05, 3.63) is 34.9 Å². The quantitative estimate of drug-likeness (QED) is 0.732. The summed E-state index contributed by atoms with van der Waals surface area (Å²) in [5.41, 5.74) is 7.08. The zero-order valence-corrected chi connectivity index (χ0v) is 17.5. The lowest BCUT2D eigenvalue weighted by Crippen LogP contribution is -2.44. The summed E-state index contributed by atoms with van der Waals surface area (Å²) in [5.74, 6) is -0.352. The third-order valence-electron chi connectivity index (χ3n) is 6.65. The van der Waals surface area contributed by atoms with E-state index in [9.17, 15) is 14.4 Å². The fraction of sp³-hybridized carbons (Fsp3) is 0.591. The number of carbonyl (C=O) groups excluding carboxylic acids is 3. The largest absolute Gasteiger partial charge is 0.349 e. The van der Waals surface area contributed by atoms with Crippen molar-refractivity contribution in [1.82, 2.24) is 10.2 Å². The third kappa shape index (κ3) is 4.19. The predicted octanol–water partition coefficient (Wildman–Crippen LogP) is 3.28. The van der Waals surface area contributed by atoms with Gasteiger partial charge in [-0.1, -0.05) is 32.1 Å². The Morgan fingerprint density at radius 3 is 2.34 bits per heavy atom. The maximum atomic E-state index is 12.9. The number of halogens is 1. The maximum absolute atomic E-state index is 12.9. The number of fused-ring (bicyclic) bond motifs is 1. The molecular weight excluding hydrogens is 390 g/mol. The van der Waals surface area contributed by atoms with Crippen LogP contribution in [0.5, 0.6) is 0 Å². The molecule has 0 saturated heterocycles. The molecule has 1 aromatic carbocycles. The highest BCUT2D eigenvalue weighted by Crippen LogP contribution is 2.31. The van der Waals surface area contributed by atoms with Gasteiger partial charge in [0, 0.05) is 17.6 Å². The van der Waals surface area contributed by atoms with Crippen LogP contribution >= 0.6 is 12.4 Å². The monoisotopic (exact) mass is 419 g/mol. The molecule has 1 aliphatic heterocycles. The molecule has 0 spiro atoms. The fourth-order valence-corrected chi connectivity index (χ4v) is 5.00. The molecule has 158 valence electrons. The second kappa shape index (κ2) is 9.26. The average molecular weight is 420 g/mol. The first-order valence-corrected chi connectivity index (χ1v) is 10.6. The minimum Gasteiger partial charge on any atom is -0.349 e. The van der Waals surface area contributed by atoms with Gasteiger partial charge >= 0.3 is 0 Å². The highest BCUT2D eigenvalue weighted by molar-refractivity contribution is 6.22. The number of amides is 3. The molecule has 2 saturated carbocycles. The molecule has 3 aliphatic rings. The predicted molar refractivity (Wildman–Crippen MR) is 113 cm³/mol. The number of nitrogens with zero attached hydrogens (tertiary/aromatic N) is 1. The second-order valence-electron chi connectivity index (χ2n) is 8.39. The van der Waals surface area contributed by atoms with Crippen LogP contribution in [0.2, 0.25) is 0 Å². The topological polar surface area (TPSA) is 92.5 Å². The zero-order valence-electron chi connectivity index (χ0n) is 16.7. The summed E-state index contributed by atoms with van der Waals surface area (Å²) in [6.45, 7) is 0.568. The lowest BCUT2D eigenvalue weighted by Gasteiger charge is -2.31. The Bertz CT molecular complexity index is 792. The van der Waals surface area contributed by atoms with Crippen LogP contribution < -0.4 is 11.1 Å². The molecular formula is C22H30ClN3O3. The van der Waals surface area contributed by atoms with Crippen molar-refractivity contribution < 1.29 is 14.4 Å². The summed E-state index contributed by atoms with van der Waals surface area (Å²) in [4.78, 5) is 39.9. The van der Waals surface area contributed by atoms with Crippen molar-refractivity contribution in [3.63, 3.8) is 0 Å². The Kier molecular flexibility index (Phi) is 6.96.